The van der Waals surface area contributed by atoms with Gasteiger partial charge in [0.1, 0.15) is 11.6 Å². The second-order valence-corrected chi connectivity index (χ2v) is 3.04. The Labute approximate surface area is 87.1 Å². The van der Waals surface area contributed by atoms with Crippen LogP contribution < -0.4 is 11.1 Å². The van der Waals surface area contributed by atoms with Gasteiger partial charge in [-0.1, -0.05) is 11.3 Å². The first-order chi connectivity index (χ1) is 7.34. The van der Waals surface area contributed by atoms with Crippen molar-refractivity contribution in [3.8, 4) is 0 Å². The Morgan fingerprint density at radius 2 is 2.33 bits per heavy atom. The molecule has 0 aromatic carbocycles. The van der Waals surface area contributed by atoms with Gasteiger partial charge in [0.05, 0.1) is 12.7 Å². The molecule has 6 heteroatoms. The van der Waals surface area contributed by atoms with Gasteiger partial charge in [0.15, 0.2) is 0 Å². The molecule has 0 bridgehead atoms. The highest BCUT2D eigenvalue weighted by molar-refractivity contribution is 5.41. The molecule has 0 unspecified atom stereocenters. The normalized spacial score (nSPS) is 10.1. The summed E-state index contributed by atoms with van der Waals surface area (Å²) in [6.45, 7) is 1.48. The Kier molecular flexibility index (Phi) is 2.77. The van der Waals surface area contributed by atoms with Gasteiger partial charge < -0.3 is 11.1 Å². The third-order valence-electron chi connectivity index (χ3n) is 1.89. The number of nitrogen functional groups attached to an aromatic ring is 1. The van der Waals surface area contributed by atoms with Crippen molar-refractivity contribution >= 4 is 11.6 Å². The minimum Gasteiger partial charge on any atom is -0.384 e. The van der Waals surface area contributed by atoms with Crippen LogP contribution in [0.15, 0.2) is 30.6 Å². The van der Waals surface area contributed by atoms with E-state index in [4.69, 9.17) is 5.73 Å². The minimum atomic E-state index is 0.515. The summed E-state index contributed by atoms with van der Waals surface area (Å²) in [5.74, 6) is 1.29. The minimum absolute atomic E-state index is 0.515. The molecule has 0 atom stereocenters. The smallest absolute Gasteiger partial charge is 0.128 e. The van der Waals surface area contributed by atoms with Crippen LogP contribution in [0.4, 0.5) is 11.6 Å². The summed E-state index contributed by atoms with van der Waals surface area (Å²) in [6.07, 6.45) is 3.47. The molecule has 0 saturated carbocycles. The zero-order valence-electron chi connectivity index (χ0n) is 8.17. The van der Waals surface area contributed by atoms with E-state index in [1.165, 1.54) is 0 Å². The third-order valence-corrected chi connectivity index (χ3v) is 1.89. The largest absolute Gasteiger partial charge is 0.384 e. The van der Waals surface area contributed by atoms with Crippen molar-refractivity contribution in [2.24, 2.45) is 0 Å². The quantitative estimate of drug-likeness (QED) is 0.751. The van der Waals surface area contributed by atoms with E-state index in [0.29, 0.717) is 5.82 Å². The van der Waals surface area contributed by atoms with Gasteiger partial charge in [-0.3, -0.25) is 4.68 Å². The number of nitrogens with one attached hydrogen (secondary N) is 1. The van der Waals surface area contributed by atoms with Crippen molar-refractivity contribution in [3.63, 3.8) is 0 Å². The Morgan fingerprint density at radius 1 is 1.40 bits per heavy atom. The summed E-state index contributed by atoms with van der Waals surface area (Å²) >= 11 is 0. The van der Waals surface area contributed by atoms with Gasteiger partial charge in [-0.15, -0.1) is 5.10 Å². The van der Waals surface area contributed by atoms with E-state index in [1.54, 1.807) is 16.9 Å². The summed E-state index contributed by atoms with van der Waals surface area (Å²) in [5, 5.41) is 10.7. The number of hydrogen-bond donors (Lipinski definition) is 2. The highest BCUT2D eigenvalue weighted by atomic mass is 15.4. The molecule has 78 valence electrons. The second kappa shape index (κ2) is 4.41. The lowest BCUT2D eigenvalue weighted by molar-refractivity contribution is 0.608. The van der Waals surface area contributed by atoms with E-state index in [-0.39, 0.29) is 0 Å². The fourth-order valence-electron chi connectivity index (χ4n) is 1.20. The number of hydrogen-bond acceptors (Lipinski definition) is 5. The van der Waals surface area contributed by atoms with Gasteiger partial charge in [-0.25, -0.2) is 4.98 Å². The predicted octanol–water partition coefficient (Wildman–Crippen LogP) is 0.367. The van der Waals surface area contributed by atoms with Gasteiger partial charge in [-0.05, 0) is 12.1 Å². The Hall–Kier alpha value is -2.11. The molecule has 0 fully saturated rings. The Balaban J connectivity index is 1.83. The lowest BCUT2D eigenvalue weighted by Gasteiger charge is -2.05. The van der Waals surface area contributed by atoms with Crippen LogP contribution in [-0.2, 0) is 6.54 Å². The van der Waals surface area contributed by atoms with Gasteiger partial charge in [-0.2, -0.15) is 0 Å². The molecule has 6 nitrogen and oxygen atoms in total. The van der Waals surface area contributed by atoms with E-state index in [2.05, 4.69) is 20.6 Å². The van der Waals surface area contributed by atoms with Crippen molar-refractivity contribution in [2.45, 2.75) is 6.54 Å². The molecule has 0 saturated heterocycles. The van der Waals surface area contributed by atoms with Gasteiger partial charge in [0.2, 0.25) is 0 Å². The first-order valence-electron chi connectivity index (χ1n) is 4.65. The van der Waals surface area contributed by atoms with Gasteiger partial charge in [0, 0.05) is 12.7 Å². The summed E-state index contributed by atoms with van der Waals surface area (Å²) < 4.78 is 1.75. The number of rotatable bonds is 4. The van der Waals surface area contributed by atoms with Gasteiger partial charge in [0.25, 0.3) is 0 Å². The molecule has 15 heavy (non-hydrogen) atoms. The highest BCUT2D eigenvalue weighted by Gasteiger charge is 1.94. The lowest BCUT2D eigenvalue weighted by Crippen LogP contribution is -2.12. The SMILES string of the molecule is Nc1cccc(NCCn2ccnn2)n1. The average molecular weight is 204 g/mol. The maximum atomic E-state index is 5.55. The lowest BCUT2D eigenvalue weighted by atomic mass is 10.4. The third kappa shape index (κ3) is 2.67. The van der Waals surface area contributed by atoms with Crippen molar-refractivity contribution in [1.82, 2.24) is 20.0 Å². The molecule has 0 aliphatic carbocycles. The monoisotopic (exact) mass is 204 g/mol. The number of pyridine rings is 1. The molecule has 2 aromatic rings. The summed E-state index contributed by atoms with van der Waals surface area (Å²) in [6, 6.07) is 5.49. The predicted molar refractivity (Wildman–Crippen MR) is 57.2 cm³/mol. The molecule has 0 radical (unpaired) electrons. The fraction of sp³-hybridized carbons (Fsp3) is 0.222. The van der Waals surface area contributed by atoms with Crippen LogP contribution in [-0.4, -0.2) is 26.5 Å². The molecule has 2 aromatic heterocycles. The molecule has 3 N–H and O–H groups in total. The van der Waals surface area contributed by atoms with E-state index in [9.17, 15) is 0 Å². The number of nitrogens with two attached hydrogens (primary N) is 1. The standard InChI is InChI=1S/C9H12N6/c10-8-2-1-3-9(13-8)11-4-6-15-7-5-12-14-15/h1-3,5,7H,4,6H2,(H3,10,11,13). The maximum Gasteiger partial charge on any atom is 0.128 e. The van der Waals surface area contributed by atoms with E-state index < -0.39 is 0 Å². The van der Waals surface area contributed by atoms with Crippen molar-refractivity contribution in [3.05, 3.63) is 30.6 Å². The van der Waals surface area contributed by atoms with Crippen LogP contribution in [0.1, 0.15) is 0 Å². The molecule has 0 aliphatic rings. The summed E-state index contributed by atoms with van der Waals surface area (Å²) in [4.78, 5) is 4.11. The molecular weight excluding hydrogens is 192 g/mol. The van der Waals surface area contributed by atoms with Crippen LogP contribution in [0, 0.1) is 0 Å². The maximum absolute atomic E-state index is 5.55. The number of nitrogens with zero attached hydrogens (tertiary/aromatic N) is 4. The van der Waals surface area contributed by atoms with E-state index in [1.807, 2.05) is 18.3 Å². The number of anilines is 2. The highest BCUT2D eigenvalue weighted by Crippen LogP contribution is 2.04. The zero-order valence-corrected chi connectivity index (χ0v) is 8.17. The van der Waals surface area contributed by atoms with Crippen LogP contribution in [0.25, 0.3) is 0 Å². The molecule has 0 aliphatic heterocycles. The van der Waals surface area contributed by atoms with Crippen molar-refractivity contribution in [2.75, 3.05) is 17.6 Å². The van der Waals surface area contributed by atoms with Crippen LogP contribution in [0.3, 0.4) is 0 Å². The zero-order chi connectivity index (χ0) is 10.5. The molecule has 2 heterocycles. The summed E-state index contributed by atoms with van der Waals surface area (Å²) in [5.41, 5.74) is 5.55. The molecular formula is C9H12N6. The second-order valence-electron chi connectivity index (χ2n) is 3.04. The van der Waals surface area contributed by atoms with Crippen LogP contribution in [0.2, 0.25) is 0 Å². The first-order valence-corrected chi connectivity index (χ1v) is 4.65. The topological polar surface area (TPSA) is 81.6 Å². The first kappa shape index (κ1) is 9.45. The average Bonchev–Trinajstić information content (AvgIpc) is 2.71. The van der Waals surface area contributed by atoms with Crippen LogP contribution >= 0.6 is 0 Å². The Morgan fingerprint density at radius 3 is 3.07 bits per heavy atom. The van der Waals surface area contributed by atoms with Crippen molar-refractivity contribution < 1.29 is 0 Å². The van der Waals surface area contributed by atoms with Crippen LogP contribution in [0.5, 0.6) is 0 Å². The molecule has 2 rings (SSSR count). The van der Waals surface area contributed by atoms with Gasteiger partial charge >= 0.3 is 0 Å². The number of aromatic nitrogens is 4. The Bertz CT molecular complexity index is 410. The molecule has 0 spiro atoms. The van der Waals surface area contributed by atoms with Crippen molar-refractivity contribution in [1.29, 1.82) is 0 Å². The summed E-state index contributed by atoms with van der Waals surface area (Å²) in [7, 11) is 0. The van der Waals surface area contributed by atoms with E-state index in [0.717, 1.165) is 18.9 Å². The molecule has 0 amide bonds. The van der Waals surface area contributed by atoms with E-state index >= 15 is 0 Å². The fourth-order valence-corrected chi connectivity index (χ4v) is 1.20.